The van der Waals surface area contributed by atoms with Crippen LogP contribution in [-0.2, 0) is 0 Å². The van der Waals surface area contributed by atoms with Crippen LogP contribution < -0.4 is 0 Å². The van der Waals surface area contributed by atoms with Gasteiger partial charge in [0.1, 0.15) is 6.10 Å². The van der Waals surface area contributed by atoms with E-state index in [4.69, 9.17) is 11.6 Å². The first-order valence-electron chi connectivity index (χ1n) is 5.60. The van der Waals surface area contributed by atoms with Crippen LogP contribution in [-0.4, -0.2) is 5.11 Å². The molecule has 0 aromatic heterocycles. The van der Waals surface area contributed by atoms with Crippen molar-refractivity contribution in [1.82, 2.24) is 0 Å². The van der Waals surface area contributed by atoms with Crippen LogP contribution in [0, 0.1) is 13.8 Å². The number of hydrogen-bond acceptors (Lipinski definition) is 1. The predicted octanol–water partition coefficient (Wildman–Crippen LogP) is 4.04. The Bertz CT molecular complexity index is 514. The van der Waals surface area contributed by atoms with Gasteiger partial charge >= 0.3 is 0 Å². The quantitative estimate of drug-likeness (QED) is 0.848. The fourth-order valence-electron chi connectivity index (χ4n) is 2.11. The molecule has 0 radical (unpaired) electrons. The average Bonchev–Trinajstić information content (AvgIpc) is 2.29. The maximum Gasteiger partial charge on any atom is 0.106 e. The van der Waals surface area contributed by atoms with Crippen molar-refractivity contribution in [1.29, 1.82) is 0 Å². The molecule has 2 heteroatoms. The summed E-state index contributed by atoms with van der Waals surface area (Å²) in [6.45, 7) is 4.00. The van der Waals surface area contributed by atoms with Crippen molar-refractivity contribution in [2.75, 3.05) is 0 Å². The molecule has 0 spiro atoms. The number of aliphatic hydroxyl groups excluding tert-OH is 1. The van der Waals surface area contributed by atoms with Crippen LogP contribution in [0.3, 0.4) is 0 Å². The molecule has 1 unspecified atom stereocenters. The minimum atomic E-state index is -0.662. The summed E-state index contributed by atoms with van der Waals surface area (Å²) in [7, 11) is 0. The lowest BCUT2D eigenvalue weighted by Crippen LogP contribution is -2.05. The Morgan fingerprint density at radius 3 is 2.12 bits per heavy atom. The highest BCUT2D eigenvalue weighted by molar-refractivity contribution is 6.31. The molecule has 0 saturated heterocycles. The van der Waals surface area contributed by atoms with Crippen LogP contribution in [0.2, 0.25) is 5.02 Å². The number of aliphatic hydroxyl groups is 1. The molecule has 1 nitrogen and oxygen atoms in total. The molecule has 0 amide bonds. The van der Waals surface area contributed by atoms with Crippen LogP contribution in [0.25, 0.3) is 0 Å². The molecular weight excluding hydrogens is 232 g/mol. The van der Waals surface area contributed by atoms with E-state index >= 15 is 0 Å². The summed E-state index contributed by atoms with van der Waals surface area (Å²) in [5, 5.41) is 11.0. The summed E-state index contributed by atoms with van der Waals surface area (Å²) >= 11 is 6.11. The molecule has 88 valence electrons. The number of hydrogen-bond donors (Lipinski definition) is 1. The van der Waals surface area contributed by atoms with Gasteiger partial charge in [0.25, 0.3) is 0 Å². The van der Waals surface area contributed by atoms with Crippen molar-refractivity contribution in [2.45, 2.75) is 20.0 Å². The van der Waals surface area contributed by atoms with Gasteiger partial charge in [-0.2, -0.15) is 0 Å². The average molecular weight is 247 g/mol. The third-order valence-corrected chi connectivity index (χ3v) is 3.36. The van der Waals surface area contributed by atoms with Crippen LogP contribution in [0.1, 0.15) is 28.4 Å². The number of benzene rings is 2. The molecule has 0 aliphatic heterocycles. The molecule has 2 aromatic rings. The van der Waals surface area contributed by atoms with Gasteiger partial charge in [0.15, 0.2) is 0 Å². The Morgan fingerprint density at radius 2 is 1.53 bits per heavy atom. The van der Waals surface area contributed by atoms with Crippen molar-refractivity contribution in [3.63, 3.8) is 0 Å². The summed E-state index contributed by atoms with van der Waals surface area (Å²) < 4.78 is 0. The summed E-state index contributed by atoms with van der Waals surface area (Å²) in [6, 6.07) is 13.4. The summed E-state index contributed by atoms with van der Waals surface area (Å²) in [4.78, 5) is 0. The maximum atomic E-state index is 10.4. The highest BCUT2D eigenvalue weighted by atomic mass is 35.5. The summed E-state index contributed by atoms with van der Waals surface area (Å²) in [5.74, 6) is 0. The molecule has 1 atom stereocenters. The standard InChI is InChI=1S/C15H15ClO/c1-10-6-5-7-11(2)14(10)15(17)12-8-3-4-9-13(12)16/h3-9,15,17H,1-2H3. The molecule has 1 N–H and O–H groups in total. The predicted molar refractivity (Wildman–Crippen MR) is 71.4 cm³/mol. The van der Waals surface area contributed by atoms with Crippen LogP contribution in [0.15, 0.2) is 42.5 Å². The molecule has 0 fully saturated rings. The Hall–Kier alpha value is -1.31. The van der Waals surface area contributed by atoms with Gasteiger partial charge in [0.05, 0.1) is 0 Å². The Kier molecular flexibility index (Phi) is 3.51. The second kappa shape index (κ2) is 4.91. The lowest BCUT2D eigenvalue weighted by atomic mass is 9.93. The van der Waals surface area contributed by atoms with E-state index in [1.165, 1.54) is 0 Å². The summed E-state index contributed by atoms with van der Waals surface area (Å²) in [5.41, 5.74) is 3.86. The minimum Gasteiger partial charge on any atom is -0.384 e. The number of halogens is 1. The smallest absolute Gasteiger partial charge is 0.106 e. The second-order valence-corrected chi connectivity index (χ2v) is 4.64. The first kappa shape index (κ1) is 12.2. The molecule has 0 bridgehead atoms. The molecular formula is C15H15ClO. The van der Waals surface area contributed by atoms with E-state index in [2.05, 4.69) is 0 Å². The third kappa shape index (κ3) is 2.36. The van der Waals surface area contributed by atoms with Crippen molar-refractivity contribution in [3.05, 3.63) is 69.7 Å². The van der Waals surface area contributed by atoms with E-state index in [0.29, 0.717) is 5.02 Å². The van der Waals surface area contributed by atoms with Gasteiger partial charge in [-0.3, -0.25) is 0 Å². The van der Waals surface area contributed by atoms with E-state index in [1.807, 2.05) is 50.2 Å². The maximum absolute atomic E-state index is 10.4. The Labute approximate surface area is 107 Å². The molecule has 2 aromatic carbocycles. The zero-order valence-electron chi connectivity index (χ0n) is 9.94. The van der Waals surface area contributed by atoms with Gasteiger partial charge in [-0.1, -0.05) is 48.0 Å². The number of aryl methyl sites for hydroxylation is 2. The van der Waals surface area contributed by atoms with Crippen molar-refractivity contribution >= 4 is 11.6 Å². The molecule has 0 heterocycles. The lowest BCUT2D eigenvalue weighted by Gasteiger charge is -2.17. The first-order chi connectivity index (χ1) is 8.11. The molecule has 0 aliphatic rings. The Balaban J connectivity index is 2.51. The highest BCUT2D eigenvalue weighted by Gasteiger charge is 2.17. The van der Waals surface area contributed by atoms with Gasteiger partial charge in [0, 0.05) is 10.6 Å². The van der Waals surface area contributed by atoms with Crippen LogP contribution in [0.4, 0.5) is 0 Å². The second-order valence-electron chi connectivity index (χ2n) is 4.23. The van der Waals surface area contributed by atoms with E-state index in [-0.39, 0.29) is 0 Å². The fraction of sp³-hybridized carbons (Fsp3) is 0.200. The molecule has 2 rings (SSSR count). The van der Waals surface area contributed by atoms with E-state index < -0.39 is 6.10 Å². The Morgan fingerprint density at radius 1 is 0.941 bits per heavy atom. The van der Waals surface area contributed by atoms with Gasteiger partial charge in [0.2, 0.25) is 0 Å². The van der Waals surface area contributed by atoms with Crippen LogP contribution >= 0.6 is 11.6 Å². The largest absolute Gasteiger partial charge is 0.384 e. The van der Waals surface area contributed by atoms with E-state index in [0.717, 1.165) is 22.3 Å². The van der Waals surface area contributed by atoms with Gasteiger partial charge in [-0.05, 0) is 36.6 Å². The zero-order valence-corrected chi connectivity index (χ0v) is 10.7. The topological polar surface area (TPSA) is 20.2 Å². The van der Waals surface area contributed by atoms with Gasteiger partial charge < -0.3 is 5.11 Å². The van der Waals surface area contributed by atoms with Gasteiger partial charge in [-0.15, -0.1) is 0 Å². The normalized spacial score (nSPS) is 12.5. The van der Waals surface area contributed by atoms with Crippen molar-refractivity contribution < 1.29 is 5.11 Å². The lowest BCUT2D eigenvalue weighted by molar-refractivity contribution is 0.219. The first-order valence-corrected chi connectivity index (χ1v) is 5.97. The number of rotatable bonds is 2. The van der Waals surface area contributed by atoms with E-state index in [9.17, 15) is 5.11 Å². The molecule has 0 saturated carbocycles. The fourth-order valence-corrected chi connectivity index (χ4v) is 2.35. The SMILES string of the molecule is Cc1cccc(C)c1C(O)c1ccccc1Cl. The van der Waals surface area contributed by atoms with E-state index in [1.54, 1.807) is 6.07 Å². The minimum absolute atomic E-state index is 0.600. The monoisotopic (exact) mass is 246 g/mol. The van der Waals surface area contributed by atoms with Crippen LogP contribution in [0.5, 0.6) is 0 Å². The highest BCUT2D eigenvalue weighted by Crippen LogP contribution is 2.31. The van der Waals surface area contributed by atoms with Crippen molar-refractivity contribution in [2.24, 2.45) is 0 Å². The third-order valence-electron chi connectivity index (χ3n) is 3.02. The van der Waals surface area contributed by atoms with Crippen molar-refractivity contribution in [3.8, 4) is 0 Å². The summed E-state index contributed by atoms with van der Waals surface area (Å²) in [6.07, 6.45) is -0.662. The zero-order chi connectivity index (χ0) is 12.4. The molecule has 17 heavy (non-hydrogen) atoms. The van der Waals surface area contributed by atoms with Gasteiger partial charge in [-0.25, -0.2) is 0 Å². The molecule has 0 aliphatic carbocycles.